The van der Waals surface area contributed by atoms with Gasteiger partial charge in [-0.05, 0) is 18.9 Å². The first kappa shape index (κ1) is 9.96. The van der Waals surface area contributed by atoms with Gasteiger partial charge in [-0.25, -0.2) is 0 Å². The van der Waals surface area contributed by atoms with Gasteiger partial charge in [-0.15, -0.1) is 0 Å². The van der Waals surface area contributed by atoms with Crippen molar-refractivity contribution in [2.24, 2.45) is 0 Å². The van der Waals surface area contributed by atoms with Gasteiger partial charge in [-0.1, -0.05) is 50.0 Å². The zero-order valence-corrected chi connectivity index (χ0v) is 7.38. The molecule has 0 aromatic heterocycles. The summed E-state index contributed by atoms with van der Waals surface area (Å²) in [5, 5.41) is 0. The molecule has 0 aliphatic rings. The predicted molar refractivity (Wildman–Crippen MR) is 52.5 cm³/mol. The number of hydrogen-bond acceptors (Lipinski definition) is 0. The lowest BCUT2D eigenvalue weighted by Gasteiger charge is -1.88. The number of allylic oxidation sites excluding steroid dienone is 7. The molecule has 0 unspecified atom stereocenters. The third-order valence-corrected chi connectivity index (χ3v) is 1.30. The average Bonchev–Trinajstić information content (AvgIpc) is 2.05. The highest BCUT2D eigenvalue weighted by atomic mass is 13.8. The van der Waals surface area contributed by atoms with Crippen LogP contribution in [0.5, 0.6) is 0 Å². The maximum Gasteiger partial charge on any atom is -0.0303 e. The molecule has 0 bridgehead atoms. The highest BCUT2D eigenvalue weighted by Gasteiger charge is 1.79. The van der Waals surface area contributed by atoms with Crippen LogP contribution in [0.1, 0.15) is 20.3 Å². The Bertz CT molecular complexity index is 180. The van der Waals surface area contributed by atoms with Crippen LogP contribution in [0.3, 0.4) is 0 Å². The summed E-state index contributed by atoms with van der Waals surface area (Å²) >= 11 is 0. The van der Waals surface area contributed by atoms with Crippen molar-refractivity contribution in [3.63, 3.8) is 0 Å². The maximum absolute atomic E-state index is 3.61. The molecule has 0 N–H and O–H groups in total. The van der Waals surface area contributed by atoms with Crippen LogP contribution >= 0.6 is 0 Å². The second-order valence-corrected chi connectivity index (χ2v) is 2.19. The molecule has 0 aromatic carbocycles. The molecule has 0 aromatic rings. The lowest BCUT2D eigenvalue weighted by molar-refractivity contribution is 1.22. The molecule has 0 radical (unpaired) electrons. The quantitative estimate of drug-likeness (QED) is 0.534. The summed E-state index contributed by atoms with van der Waals surface area (Å²) < 4.78 is 0. The van der Waals surface area contributed by atoms with Crippen molar-refractivity contribution >= 4 is 0 Å². The third-order valence-electron chi connectivity index (χ3n) is 1.30. The Morgan fingerprint density at radius 2 is 2.09 bits per heavy atom. The Morgan fingerprint density at radius 1 is 1.36 bits per heavy atom. The van der Waals surface area contributed by atoms with Crippen molar-refractivity contribution in [3.8, 4) is 0 Å². The van der Waals surface area contributed by atoms with Gasteiger partial charge in [0.25, 0.3) is 0 Å². The van der Waals surface area contributed by atoms with E-state index < -0.39 is 0 Å². The van der Waals surface area contributed by atoms with Crippen LogP contribution in [0.15, 0.2) is 48.6 Å². The second kappa shape index (κ2) is 7.07. The minimum absolute atomic E-state index is 1.08. The molecule has 0 aliphatic heterocycles. The zero-order valence-electron chi connectivity index (χ0n) is 7.38. The molecule has 0 heteroatoms. The topological polar surface area (TPSA) is 0 Å². The normalized spacial score (nSPS) is 13.1. The highest BCUT2D eigenvalue weighted by molar-refractivity contribution is 5.31. The van der Waals surface area contributed by atoms with Crippen LogP contribution in [0, 0.1) is 0 Å². The molecule has 0 amide bonds. The van der Waals surface area contributed by atoms with Crippen molar-refractivity contribution in [1.29, 1.82) is 0 Å². The predicted octanol–water partition coefficient (Wildman–Crippen LogP) is 3.64. The van der Waals surface area contributed by atoms with Crippen molar-refractivity contribution in [2.45, 2.75) is 20.3 Å². The Labute approximate surface area is 69.6 Å². The molecule has 0 saturated heterocycles. The molecule has 0 heterocycles. The van der Waals surface area contributed by atoms with Gasteiger partial charge in [-0.3, -0.25) is 0 Å². The van der Waals surface area contributed by atoms with Gasteiger partial charge < -0.3 is 0 Å². The SMILES string of the molecule is C=C\C=C/C(=C\C)/C=C/CC. The van der Waals surface area contributed by atoms with Crippen LogP contribution in [-0.2, 0) is 0 Å². The van der Waals surface area contributed by atoms with Crippen LogP contribution in [0.25, 0.3) is 0 Å². The first-order valence-electron chi connectivity index (χ1n) is 3.97. The summed E-state index contributed by atoms with van der Waals surface area (Å²) in [4.78, 5) is 0. The standard InChI is InChI=1S/C11H16/c1-4-7-9-11(6-3)10-8-5-2/h4,6-10H,1,5H2,2-3H3/b9-7-,10-8+,11-6+. The van der Waals surface area contributed by atoms with E-state index in [0.29, 0.717) is 0 Å². The fourth-order valence-electron chi connectivity index (χ4n) is 0.681. The van der Waals surface area contributed by atoms with E-state index in [9.17, 15) is 0 Å². The van der Waals surface area contributed by atoms with Gasteiger partial charge in [0.2, 0.25) is 0 Å². The molecular weight excluding hydrogens is 132 g/mol. The lowest BCUT2D eigenvalue weighted by Crippen LogP contribution is -1.68. The van der Waals surface area contributed by atoms with Crippen molar-refractivity contribution in [3.05, 3.63) is 48.6 Å². The smallest absolute Gasteiger partial charge is 0.0303 e. The van der Waals surface area contributed by atoms with Crippen molar-refractivity contribution < 1.29 is 0 Å². The molecule has 0 saturated carbocycles. The van der Waals surface area contributed by atoms with Crippen LogP contribution in [0.2, 0.25) is 0 Å². The van der Waals surface area contributed by atoms with E-state index in [2.05, 4.69) is 31.7 Å². The third kappa shape index (κ3) is 5.41. The molecule has 60 valence electrons. The Kier molecular flexibility index (Phi) is 6.40. The van der Waals surface area contributed by atoms with Crippen molar-refractivity contribution in [1.82, 2.24) is 0 Å². The van der Waals surface area contributed by atoms with Gasteiger partial charge in [0.15, 0.2) is 0 Å². The summed E-state index contributed by atoms with van der Waals surface area (Å²) in [6.45, 7) is 7.77. The summed E-state index contributed by atoms with van der Waals surface area (Å²) in [5.74, 6) is 0. The Morgan fingerprint density at radius 3 is 2.55 bits per heavy atom. The van der Waals surface area contributed by atoms with Gasteiger partial charge in [0, 0.05) is 0 Å². The second-order valence-electron chi connectivity index (χ2n) is 2.19. The van der Waals surface area contributed by atoms with E-state index in [1.54, 1.807) is 6.08 Å². The van der Waals surface area contributed by atoms with Crippen LogP contribution < -0.4 is 0 Å². The van der Waals surface area contributed by atoms with E-state index in [1.165, 1.54) is 5.57 Å². The minimum atomic E-state index is 1.08. The van der Waals surface area contributed by atoms with E-state index in [1.807, 2.05) is 19.1 Å². The largest absolute Gasteiger partial charge is 0.0991 e. The highest BCUT2D eigenvalue weighted by Crippen LogP contribution is 1.99. The molecule has 0 aliphatic carbocycles. The first-order valence-corrected chi connectivity index (χ1v) is 3.97. The maximum atomic E-state index is 3.61. The van der Waals surface area contributed by atoms with Crippen LogP contribution in [0.4, 0.5) is 0 Å². The molecule has 0 spiro atoms. The zero-order chi connectivity index (χ0) is 8.53. The van der Waals surface area contributed by atoms with Gasteiger partial charge in [-0.2, -0.15) is 0 Å². The van der Waals surface area contributed by atoms with Gasteiger partial charge in [0.05, 0.1) is 0 Å². The summed E-state index contributed by atoms with van der Waals surface area (Å²) in [6.07, 6.45) is 13.2. The van der Waals surface area contributed by atoms with Gasteiger partial charge >= 0.3 is 0 Å². The minimum Gasteiger partial charge on any atom is -0.0991 e. The van der Waals surface area contributed by atoms with Crippen LogP contribution in [-0.4, -0.2) is 0 Å². The molecule has 0 nitrogen and oxygen atoms in total. The van der Waals surface area contributed by atoms with Crippen molar-refractivity contribution in [2.75, 3.05) is 0 Å². The Hall–Kier alpha value is -1.04. The molecule has 0 fully saturated rings. The summed E-state index contributed by atoms with van der Waals surface area (Å²) in [7, 11) is 0. The number of hydrogen-bond donors (Lipinski definition) is 0. The first-order chi connectivity index (χ1) is 5.35. The van der Waals surface area contributed by atoms with E-state index >= 15 is 0 Å². The molecule has 0 atom stereocenters. The van der Waals surface area contributed by atoms with E-state index in [4.69, 9.17) is 0 Å². The number of rotatable bonds is 4. The Balaban J connectivity index is 4.08. The fourth-order valence-corrected chi connectivity index (χ4v) is 0.681. The molecule has 0 rings (SSSR count). The van der Waals surface area contributed by atoms with Gasteiger partial charge in [0.1, 0.15) is 0 Å². The summed E-state index contributed by atoms with van der Waals surface area (Å²) in [5.41, 5.74) is 1.23. The van der Waals surface area contributed by atoms with E-state index in [-0.39, 0.29) is 0 Å². The summed E-state index contributed by atoms with van der Waals surface area (Å²) in [6, 6.07) is 0. The van der Waals surface area contributed by atoms with E-state index in [0.717, 1.165) is 6.42 Å². The molecular formula is C11H16. The lowest BCUT2D eigenvalue weighted by atomic mass is 10.2. The molecule has 11 heavy (non-hydrogen) atoms. The monoisotopic (exact) mass is 148 g/mol. The average molecular weight is 148 g/mol. The fraction of sp³-hybridized carbons (Fsp3) is 0.273.